The SMILES string of the molecule is CCC1CCCCN1c1nncc(Nc2cccc(Br)c2)n1. The van der Waals surface area contributed by atoms with Crippen molar-refractivity contribution in [3.63, 3.8) is 0 Å². The summed E-state index contributed by atoms with van der Waals surface area (Å²) in [6.07, 6.45) is 6.48. The topological polar surface area (TPSA) is 53.9 Å². The first kappa shape index (κ1) is 15.2. The van der Waals surface area contributed by atoms with E-state index in [1.165, 1.54) is 19.3 Å². The summed E-state index contributed by atoms with van der Waals surface area (Å²) >= 11 is 3.47. The van der Waals surface area contributed by atoms with Crippen LogP contribution >= 0.6 is 15.9 Å². The maximum Gasteiger partial charge on any atom is 0.247 e. The molecule has 116 valence electrons. The van der Waals surface area contributed by atoms with Crippen molar-refractivity contribution in [2.75, 3.05) is 16.8 Å². The van der Waals surface area contributed by atoms with Gasteiger partial charge >= 0.3 is 0 Å². The highest BCUT2D eigenvalue weighted by atomic mass is 79.9. The number of nitrogens with zero attached hydrogens (tertiary/aromatic N) is 4. The molecule has 2 aromatic rings. The van der Waals surface area contributed by atoms with E-state index in [0.29, 0.717) is 6.04 Å². The van der Waals surface area contributed by atoms with Gasteiger partial charge in [0.05, 0.1) is 6.20 Å². The molecule has 0 amide bonds. The molecule has 1 N–H and O–H groups in total. The van der Waals surface area contributed by atoms with Gasteiger partial charge in [0.15, 0.2) is 5.82 Å². The van der Waals surface area contributed by atoms with Crippen LogP contribution in [0.2, 0.25) is 0 Å². The van der Waals surface area contributed by atoms with Crippen LogP contribution in [-0.4, -0.2) is 27.8 Å². The van der Waals surface area contributed by atoms with Gasteiger partial charge in [-0.25, -0.2) is 0 Å². The van der Waals surface area contributed by atoms with Crippen LogP contribution in [0.4, 0.5) is 17.5 Å². The van der Waals surface area contributed by atoms with Gasteiger partial charge in [-0.05, 0) is 43.9 Å². The van der Waals surface area contributed by atoms with Crippen molar-refractivity contribution in [2.45, 2.75) is 38.6 Å². The zero-order valence-electron chi connectivity index (χ0n) is 12.7. The lowest BCUT2D eigenvalue weighted by atomic mass is 10.0. The van der Waals surface area contributed by atoms with Gasteiger partial charge in [0.1, 0.15) is 0 Å². The van der Waals surface area contributed by atoms with Crippen molar-refractivity contribution in [2.24, 2.45) is 0 Å². The number of nitrogens with one attached hydrogen (secondary N) is 1. The molecule has 0 spiro atoms. The van der Waals surface area contributed by atoms with Crippen molar-refractivity contribution in [3.8, 4) is 0 Å². The van der Waals surface area contributed by atoms with E-state index in [4.69, 9.17) is 0 Å². The minimum Gasteiger partial charge on any atom is -0.339 e. The molecule has 1 saturated heterocycles. The normalized spacial score (nSPS) is 18.3. The molecule has 1 unspecified atom stereocenters. The van der Waals surface area contributed by atoms with E-state index in [2.05, 4.69) is 48.3 Å². The summed E-state index contributed by atoms with van der Waals surface area (Å²) in [6, 6.07) is 8.52. The fourth-order valence-electron chi connectivity index (χ4n) is 2.88. The molecule has 0 radical (unpaired) electrons. The maximum atomic E-state index is 4.65. The molecular weight excluding hydrogens is 342 g/mol. The number of hydrogen-bond acceptors (Lipinski definition) is 5. The van der Waals surface area contributed by atoms with E-state index in [1.54, 1.807) is 6.20 Å². The first-order valence-corrected chi connectivity index (χ1v) is 8.54. The summed E-state index contributed by atoms with van der Waals surface area (Å²) in [7, 11) is 0. The first-order chi connectivity index (χ1) is 10.8. The zero-order chi connectivity index (χ0) is 15.4. The summed E-state index contributed by atoms with van der Waals surface area (Å²) in [4.78, 5) is 6.94. The number of rotatable bonds is 4. The van der Waals surface area contributed by atoms with Gasteiger partial charge in [0, 0.05) is 22.7 Å². The van der Waals surface area contributed by atoms with Crippen LogP contribution in [0.3, 0.4) is 0 Å². The van der Waals surface area contributed by atoms with Crippen LogP contribution in [0.15, 0.2) is 34.9 Å². The van der Waals surface area contributed by atoms with E-state index < -0.39 is 0 Å². The third kappa shape index (κ3) is 3.55. The van der Waals surface area contributed by atoms with Gasteiger partial charge in [-0.1, -0.05) is 28.9 Å². The van der Waals surface area contributed by atoms with E-state index in [9.17, 15) is 0 Å². The third-order valence-electron chi connectivity index (χ3n) is 4.00. The number of halogens is 1. The van der Waals surface area contributed by atoms with Gasteiger partial charge < -0.3 is 10.2 Å². The quantitative estimate of drug-likeness (QED) is 0.886. The van der Waals surface area contributed by atoms with Crippen LogP contribution in [0.1, 0.15) is 32.6 Å². The highest BCUT2D eigenvalue weighted by Gasteiger charge is 2.23. The smallest absolute Gasteiger partial charge is 0.247 e. The molecule has 0 bridgehead atoms. The van der Waals surface area contributed by atoms with Crippen molar-refractivity contribution in [1.82, 2.24) is 15.2 Å². The second kappa shape index (κ2) is 7.05. The second-order valence-electron chi connectivity index (χ2n) is 5.53. The third-order valence-corrected chi connectivity index (χ3v) is 4.49. The average Bonchev–Trinajstić information content (AvgIpc) is 2.55. The number of piperidine rings is 1. The Morgan fingerprint density at radius 2 is 2.27 bits per heavy atom. The molecule has 5 nitrogen and oxygen atoms in total. The summed E-state index contributed by atoms with van der Waals surface area (Å²) in [5.41, 5.74) is 0.978. The number of aromatic nitrogens is 3. The van der Waals surface area contributed by atoms with Gasteiger partial charge in [-0.15, -0.1) is 5.10 Å². The highest BCUT2D eigenvalue weighted by molar-refractivity contribution is 9.10. The van der Waals surface area contributed by atoms with Crippen LogP contribution in [0.5, 0.6) is 0 Å². The Kier molecular flexibility index (Phi) is 4.87. The Balaban J connectivity index is 1.80. The molecule has 1 fully saturated rings. The lowest BCUT2D eigenvalue weighted by Gasteiger charge is -2.34. The fraction of sp³-hybridized carbons (Fsp3) is 0.438. The summed E-state index contributed by atoms with van der Waals surface area (Å²) < 4.78 is 1.03. The second-order valence-corrected chi connectivity index (χ2v) is 6.44. The van der Waals surface area contributed by atoms with Gasteiger partial charge in [-0.3, -0.25) is 0 Å². The van der Waals surface area contributed by atoms with E-state index in [-0.39, 0.29) is 0 Å². The lowest BCUT2D eigenvalue weighted by Crippen LogP contribution is -2.40. The Bertz CT molecular complexity index is 633. The maximum absolute atomic E-state index is 4.65. The largest absolute Gasteiger partial charge is 0.339 e. The molecule has 6 heteroatoms. The zero-order valence-corrected chi connectivity index (χ0v) is 14.3. The van der Waals surface area contributed by atoms with E-state index in [1.807, 2.05) is 24.3 Å². The van der Waals surface area contributed by atoms with Crippen LogP contribution in [0.25, 0.3) is 0 Å². The molecular formula is C16H20BrN5. The summed E-state index contributed by atoms with van der Waals surface area (Å²) in [5.74, 6) is 1.45. The molecule has 2 heterocycles. The Labute approximate surface area is 139 Å². The predicted molar refractivity (Wildman–Crippen MR) is 92.5 cm³/mol. The molecule has 22 heavy (non-hydrogen) atoms. The molecule has 1 aliphatic rings. The number of benzene rings is 1. The van der Waals surface area contributed by atoms with Gasteiger partial charge in [0.25, 0.3) is 0 Å². The molecule has 1 aliphatic heterocycles. The van der Waals surface area contributed by atoms with Gasteiger partial charge in [0.2, 0.25) is 5.95 Å². The summed E-state index contributed by atoms with van der Waals surface area (Å²) in [6.45, 7) is 3.24. The van der Waals surface area contributed by atoms with Crippen LogP contribution < -0.4 is 10.2 Å². The fourth-order valence-corrected chi connectivity index (χ4v) is 3.28. The van der Waals surface area contributed by atoms with E-state index in [0.717, 1.165) is 34.9 Å². The Morgan fingerprint density at radius 1 is 1.36 bits per heavy atom. The minimum absolute atomic E-state index is 0.525. The van der Waals surface area contributed by atoms with Crippen molar-refractivity contribution in [1.29, 1.82) is 0 Å². The van der Waals surface area contributed by atoms with Crippen molar-refractivity contribution in [3.05, 3.63) is 34.9 Å². The lowest BCUT2D eigenvalue weighted by molar-refractivity contribution is 0.442. The molecule has 1 atom stereocenters. The number of hydrogen-bond donors (Lipinski definition) is 1. The molecule has 0 saturated carbocycles. The van der Waals surface area contributed by atoms with Crippen molar-refractivity contribution >= 4 is 33.4 Å². The standard InChI is InChI=1S/C16H20BrN5/c1-2-14-8-3-4-9-22(14)16-20-15(11-18-21-16)19-13-7-5-6-12(17)10-13/h5-7,10-11,14H,2-4,8-9H2,1H3,(H,19,20,21). The Hall–Kier alpha value is -1.69. The molecule has 0 aliphatic carbocycles. The van der Waals surface area contributed by atoms with Crippen LogP contribution in [0, 0.1) is 0 Å². The highest BCUT2D eigenvalue weighted by Crippen LogP contribution is 2.25. The molecule has 1 aromatic heterocycles. The van der Waals surface area contributed by atoms with Crippen LogP contribution in [-0.2, 0) is 0 Å². The first-order valence-electron chi connectivity index (χ1n) is 7.75. The number of anilines is 3. The van der Waals surface area contributed by atoms with Crippen molar-refractivity contribution < 1.29 is 0 Å². The summed E-state index contributed by atoms with van der Waals surface area (Å²) in [5, 5.41) is 11.6. The molecule has 3 rings (SSSR count). The molecule has 1 aromatic carbocycles. The minimum atomic E-state index is 0.525. The average molecular weight is 362 g/mol. The predicted octanol–water partition coefficient (Wildman–Crippen LogP) is 4.15. The van der Waals surface area contributed by atoms with Gasteiger partial charge in [-0.2, -0.15) is 10.1 Å². The Morgan fingerprint density at radius 3 is 3.09 bits per heavy atom. The van der Waals surface area contributed by atoms with E-state index >= 15 is 0 Å². The monoisotopic (exact) mass is 361 g/mol.